The Kier molecular flexibility index (Phi) is 3.17. The van der Waals surface area contributed by atoms with Crippen molar-refractivity contribution in [3.8, 4) is 5.69 Å². The molecule has 21 heavy (non-hydrogen) atoms. The van der Waals surface area contributed by atoms with Crippen LogP contribution in [0.15, 0.2) is 24.3 Å². The second-order valence-corrected chi connectivity index (χ2v) is 6.75. The van der Waals surface area contributed by atoms with Crippen LogP contribution >= 0.6 is 0 Å². The van der Waals surface area contributed by atoms with Crippen LogP contribution in [0.3, 0.4) is 0 Å². The smallest absolute Gasteiger partial charge is 0.150 e. The molecule has 0 spiro atoms. The molecule has 4 heteroatoms. The molecule has 1 heterocycles. The van der Waals surface area contributed by atoms with E-state index in [0.717, 1.165) is 29.8 Å². The van der Waals surface area contributed by atoms with E-state index >= 15 is 0 Å². The van der Waals surface area contributed by atoms with Gasteiger partial charge in [0.1, 0.15) is 17.3 Å². The number of para-hydroxylation sites is 1. The van der Waals surface area contributed by atoms with E-state index in [4.69, 9.17) is 5.73 Å². The Labute approximate surface area is 123 Å². The standard InChI is InChI=1S/C17H20F2N2/c1-10-7-11-14(20)8-17(2,3)9-15(11)21(10)16-12(18)5-4-6-13(16)19/h4-7,14H,8-9,20H2,1-3H3. The van der Waals surface area contributed by atoms with Gasteiger partial charge in [0.05, 0.1) is 0 Å². The lowest BCUT2D eigenvalue weighted by atomic mass is 9.74. The highest BCUT2D eigenvalue weighted by Crippen LogP contribution is 2.42. The summed E-state index contributed by atoms with van der Waals surface area (Å²) in [5.41, 5.74) is 9.04. The van der Waals surface area contributed by atoms with E-state index < -0.39 is 11.6 Å². The molecule has 1 atom stereocenters. The molecule has 1 aromatic heterocycles. The third kappa shape index (κ3) is 2.27. The first kappa shape index (κ1) is 14.3. The molecule has 2 nitrogen and oxygen atoms in total. The molecule has 0 aliphatic heterocycles. The Morgan fingerprint density at radius 1 is 1.24 bits per heavy atom. The number of aryl methyl sites for hydroxylation is 1. The van der Waals surface area contributed by atoms with Gasteiger partial charge in [0.15, 0.2) is 0 Å². The fourth-order valence-corrected chi connectivity index (χ4v) is 3.46. The molecule has 0 radical (unpaired) electrons. The predicted molar refractivity (Wildman–Crippen MR) is 79.5 cm³/mol. The van der Waals surface area contributed by atoms with E-state index in [1.54, 1.807) is 4.57 Å². The Bertz CT molecular complexity index is 681. The van der Waals surface area contributed by atoms with Crippen molar-refractivity contribution in [3.63, 3.8) is 0 Å². The van der Waals surface area contributed by atoms with Crippen LogP contribution in [0.5, 0.6) is 0 Å². The quantitative estimate of drug-likeness (QED) is 0.844. The second-order valence-electron chi connectivity index (χ2n) is 6.75. The van der Waals surface area contributed by atoms with E-state index in [-0.39, 0.29) is 17.1 Å². The Balaban J connectivity index is 2.26. The number of rotatable bonds is 1. The minimum Gasteiger partial charge on any atom is -0.324 e. The highest BCUT2D eigenvalue weighted by atomic mass is 19.1. The number of halogens is 2. The van der Waals surface area contributed by atoms with Gasteiger partial charge >= 0.3 is 0 Å². The van der Waals surface area contributed by atoms with E-state index in [1.807, 2.05) is 13.0 Å². The number of hydrogen-bond acceptors (Lipinski definition) is 1. The van der Waals surface area contributed by atoms with E-state index in [9.17, 15) is 8.78 Å². The van der Waals surface area contributed by atoms with Gasteiger partial charge in [0.25, 0.3) is 0 Å². The molecule has 0 saturated heterocycles. The largest absolute Gasteiger partial charge is 0.324 e. The van der Waals surface area contributed by atoms with Crippen molar-refractivity contribution in [1.29, 1.82) is 0 Å². The molecule has 1 aromatic carbocycles. The van der Waals surface area contributed by atoms with Gasteiger partial charge in [-0.25, -0.2) is 8.78 Å². The number of hydrogen-bond donors (Lipinski definition) is 1. The van der Waals surface area contributed by atoms with E-state index in [0.29, 0.717) is 0 Å². The third-order valence-electron chi connectivity index (χ3n) is 4.30. The molecule has 0 saturated carbocycles. The SMILES string of the molecule is Cc1cc2c(n1-c1c(F)cccc1F)CC(C)(C)CC2N. The summed E-state index contributed by atoms with van der Waals surface area (Å²) in [5.74, 6) is -1.10. The molecule has 3 rings (SSSR count). The zero-order valence-electron chi connectivity index (χ0n) is 12.6. The van der Waals surface area contributed by atoms with Crippen molar-refractivity contribution in [3.05, 3.63) is 52.9 Å². The number of nitrogens with two attached hydrogens (primary N) is 1. The van der Waals surface area contributed by atoms with Crippen molar-refractivity contribution in [2.45, 2.75) is 39.7 Å². The van der Waals surface area contributed by atoms with Crippen molar-refractivity contribution in [1.82, 2.24) is 4.57 Å². The summed E-state index contributed by atoms with van der Waals surface area (Å²) in [5, 5.41) is 0. The van der Waals surface area contributed by atoms with Crippen LogP contribution in [0.4, 0.5) is 8.78 Å². The summed E-state index contributed by atoms with van der Waals surface area (Å²) in [6, 6.07) is 5.84. The maximum absolute atomic E-state index is 14.2. The highest BCUT2D eigenvalue weighted by Gasteiger charge is 2.34. The summed E-state index contributed by atoms with van der Waals surface area (Å²) in [6.07, 6.45) is 1.64. The van der Waals surface area contributed by atoms with Crippen LogP contribution in [-0.4, -0.2) is 4.57 Å². The van der Waals surface area contributed by atoms with Crippen molar-refractivity contribution in [2.75, 3.05) is 0 Å². The molecule has 1 aliphatic carbocycles. The topological polar surface area (TPSA) is 30.9 Å². The first-order chi connectivity index (χ1) is 9.80. The monoisotopic (exact) mass is 290 g/mol. The summed E-state index contributed by atoms with van der Waals surface area (Å²) in [6.45, 7) is 6.14. The van der Waals surface area contributed by atoms with Crippen molar-refractivity contribution < 1.29 is 8.78 Å². The van der Waals surface area contributed by atoms with Gasteiger partial charge in [-0.3, -0.25) is 0 Å². The Morgan fingerprint density at radius 3 is 2.48 bits per heavy atom. The lowest BCUT2D eigenvalue weighted by Gasteiger charge is -2.34. The van der Waals surface area contributed by atoms with Gasteiger partial charge in [-0.2, -0.15) is 0 Å². The van der Waals surface area contributed by atoms with Gasteiger partial charge in [0.2, 0.25) is 0 Å². The molecule has 0 bridgehead atoms. The van der Waals surface area contributed by atoms with Crippen LogP contribution in [0.25, 0.3) is 5.69 Å². The lowest BCUT2D eigenvalue weighted by Crippen LogP contribution is -2.30. The van der Waals surface area contributed by atoms with Gasteiger partial charge in [-0.15, -0.1) is 0 Å². The van der Waals surface area contributed by atoms with Crippen molar-refractivity contribution in [2.24, 2.45) is 11.1 Å². The van der Waals surface area contributed by atoms with E-state index in [1.165, 1.54) is 18.2 Å². The molecule has 112 valence electrons. The maximum Gasteiger partial charge on any atom is 0.150 e. The lowest BCUT2D eigenvalue weighted by molar-refractivity contribution is 0.278. The van der Waals surface area contributed by atoms with Crippen LogP contribution in [0.1, 0.15) is 43.3 Å². The second kappa shape index (κ2) is 4.67. The molecular formula is C17H20F2N2. The van der Waals surface area contributed by atoms with Crippen LogP contribution < -0.4 is 5.73 Å². The third-order valence-corrected chi connectivity index (χ3v) is 4.30. The van der Waals surface area contributed by atoms with Crippen LogP contribution in [0, 0.1) is 24.0 Å². The summed E-state index contributed by atoms with van der Waals surface area (Å²) >= 11 is 0. The number of fused-ring (bicyclic) bond motifs is 1. The number of aromatic nitrogens is 1. The van der Waals surface area contributed by atoms with Gasteiger partial charge in [0, 0.05) is 17.4 Å². The Morgan fingerprint density at radius 2 is 1.86 bits per heavy atom. The van der Waals surface area contributed by atoms with Crippen LogP contribution in [-0.2, 0) is 6.42 Å². The minimum absolute atomic E-state index is 0.00106. The summed E-state index contributed by atoms with van der Waals surface area (Å²) in [4.78, 5) is 0. The average Bonchev–Trinajstić information content (AvgIpc) is 2.66. The molecule has 0 amide bonds. The van der Waals surface area contributed by atoms with E-state index in [2.05, 4.69) is 13.8 Å². The average molecular weight is 290 g/mol. The minimum atomic E-state index is -0.548. The van der Waals surface area contributed by atoms with Gasteiger partial charge in [-0.1, -0.05) is 19.9 Å². The maximum atomic E-state index is 14.2. The van der Waals surface area contributed by atoms with Crippen LogP contribution in [0.2, 0.25) is 0 Å². The number of benzene rings is 1. The number of nitrogens with zero attached hydrogens (tertiary/aromatic N) is 1. The summed E-state index contributed by atoms with van der Waals surface area (Å²) < 4.78 is 30.0. The predicted octanol–water partition coefficient (Wildman–Crippen LogP) is 4.04. The first-order valence-electron chi connectivity index (χ1n) is 7.21. The molecular weight excluding hydrogens is 270 g/mol. The fourth-order valence-electron chi connectivity index (χ4n) is 3.46. The first-order valence-corrected chi connectivity index (χ1v) is 7.21. The zero-order chi connectivity index (χ0) is 15.4. The molecule has 1 unspecified atom stereocenters. The Hall–Kier alpha value is -1.68. The highest BCUT2D eigenvalue weighted by molar-refractivity contribution is 5.45. The fraction of sp³-hybridized carbons (Fsp3) is 0.412. The summed E-state index contributed by atoms with van der Waals surface area (Å²) in [7, 11) is 0. The zero-order valence-corrected chi connectivity index (χ0v) is 12.6. The normalized spacial score (nSPS) is 20.4. The van der Waals surface area contributed by atoms with Gasteiger partial charge < -0.3 is 10.3 Å². The molecule has 2 N–H and O–H groups in total. The van der Waals surface area contributed by atoms with Gasteiger partial charge in [-0.05, 0) is 48.9 Å². The molecule has 2 aromatic rings. The van der Waals surface area contributed by atoms with Crippen molar-refractivity contribution >= 4 is 0 Å². The molecule has 1 aliphatic rings. The molecule has 0 fully saturated rings.